The van der Waals surface area contributed by atoms with Crippen LogP contribution >= 0.6 is 0 Å². The molecule has 0 aliphatic heterocycles. The predicted molar refractivity (Wildman–Crippen MR) is 40.5 cm³/mol. The van der Waals surface area contributed by atoms with Gasteiger partial charge in [-0.3, -0.25) is 4.79 Å². The lowest BCUT2D eigenvalue weighted by atomic mass is 10.2. The number of hydrogen-bond donors (Lipinski definition) is 1. The van der Waals surface area contributed by atoms with Gasteiger partial charge in [0.25, 0.3) is 0 Å². The molecule has 1 aliphatic carbocycles. The van der Waals surface area contributed by atoms with Gasteiger partial charge in [-0.1, -0.05) is 0 Å². The molecule has 12 heavy (non-hydrogen) atoms. The molecule has 0 aromatic rings. The first-order chi connectivity index (χ1) is 5.65. The summed E-state index contributed by atoms with van der Waals surface area (Å²) in [5.41, 5.74) is 0. The first-order valence-electron chi connectivity index (χ1n) is 3.68. The number of rotatable bonds is 3. The molecule has 0 unspecified atom stereocenters. The van der Waals surface area contributed by atoms with Crippen LogP contribution in [0.25, 0.3) is 0 Å². The van der Waals surface area contributed by atoms with Gasteiger partial charge in [0.2, 0.25) is 5.76 Å². The molecule has 4 heteroatoms. The van der Waals surface area contributed by atoms with Gasteiger partial charge in [-0.25, -0.2) is 4.79 Å². The molecule has 0 bridgehead atoms. The minimum atomic E-state index is -0.871. The fourth-order valence-corrected chi connectivity index (χ4v) is 0.784. The van der Waals surface area contributed by atoms with Gasteiger partial charge in [0.15, 0.2) is 5.78 Å². The molecule has 0 aromatic heterocycles. The fourth-order valence-electron chi connectivity index (χ4n) is 0.784. The smallest absolute Gasteiger partial charge is 0.373 e. The molecule has 1 fully saturated rings. The summed E-state index contributed by atoms with van der Waals surface area (Å²) >= 11 is 0. The van der Waals surface area contributed by atoms with E-state index in [0.29, 0.717) is 0 Å². The number of hydrogen-bond acceptors (Lipinski definition) is 4. The summed E-state index contributed by atoms with van der Waals surface area (Å²) in [7, 11) is 1.15. The summed E-state index contributed by atoms with van der Waals surface area (Å²) in [6.45, 7) is 0. The maximum absolute atomic E-state index is 11.0. The highest BCUT2D eigenvalue weighted by Gasteiger charge is 2.28. The fraction of sp³-hybridized carbons (Fsp3) is 0.500. The van der Waals surface area contributed by atoms with Crippen molar-refractivity contribution in [2.24, 2.45) is 5.92 Å². The van der Waals surface area contributed by atoms with Crippen LogP contribution in [-0.2, 0) is 14.3 Å². The normalized spacial score (nSPS) is 17.2. The van der Waals surface area contributed by atoms with Crippen LogP contribution in [-0.4, -0.2) is 24.0 Å². The number of ketones is 1. The maximum Gasteiger partial charge on any atom is 0.373 e. The summed E-state index contributed by atoms with van der Waals surface area (Å²) in [5, 5.41) is 8.93. The first-order valence-corrected chi connectivity index (χ1v) is 3.68. The molecular formula is C8H10O4. The quantitative estimate of drug-likeness (QED) is 0.382. The van der Waals surface area contributed by atoms with Crippen LogP contribution in [0.5, 0.6) is 0 Å². The molecule has 0 saturated heterocycles. The topological polar surface area (TPSA) is 63.6 Å². The van der Waals surface area contributed by atoms with Gasteiger partial charge in [-0.05, 0) is 12.8 Å². The molecular weight excluding hydrogens is 160 g/mol. The Labute approximate surface area is 69.8 Å². The van der Waals surface area contributed by atoms with Gasteiger partial charge in [0.1, 0.15) is 0 Å². The van der Waals surface area contributed by atoms with E-state index < -0.39 is 11.7 Å². The third-order valence-electron chi connectivity index (χ3n) is 1.65. The first kappa shape index (κ1) is 8.77. The van der Waals surface area contributed by atoms with Gasteiger partial charge in [0.05, 0.1) is 7.11 Å². The molecule has 0 radical (unpaired) electrons. The number of ether oxygens (including phenoxy) is 1. The molecule has 0 spiro atoms. The lowest BCUT2D eigenvalue weighted by molar-refractivity contribution is -0.139. The summed E-state index contributed by atoms with van der Waals surface area (Å²) < 4.78 is 4.20. The predicted octanol–water partition coefficient (Wildman–Crippen LogP) is 0.580. The van der Waals surface area contributed by atoms with E-state index in [-0.39, 0.29) is 11.7 Å². The van der Waals surface area contributed by atoms with Crippen molar-refractivity contribution >= 4 is 11.8 Å². The average Bonchev–Trinajstić information content (AvgIpc) is 2.84. The molecule has 1 aliphatic rings. The summed E-state index contributed by atoms with van der Waals surface area (Å²) in [5.74, 6) is -1.67. The van der Waals surface area contributed by atoms with Gasteiger partial charge >= 0.3 is 5.97 Å². The number of aliphatic hydroxyl groups excluding tert-OH is 1. The van der Waals surface area contributed by atoms with E-state index in [1.165, 1.54) is 0 Å². The Hall–Kier alpha value is -1.32. The van der Waals surface area contributed by atoms with Gasteiger partial charge in [0, 0.05) is 12.0 Å². The van der Waals surface area contributed by atoms with E-state index in [4.69, 9.17) is 5.11 Å². The Balaban J connectivity index is 2.53. The highest BCUT2D eigenvalue weighted by atomic mass is 16.5. The van der Waals surface area contributed by atoms with Crippen molar-refractivity contribution in [2.45, 2.75) is 12.8 Å². The highest BCUT2D eigenvalue weighted by Crippen LogP contribution is 2.30. The number of aliphatic hydroxyl groups is 1. The Bertz CT molecular complexity index is 237. The number of esters is 1. The van der Waals surface area contributed by atoms with E-state index in [1.54, 1.807) is 0 Å². The summed E-state index contributed by atoms with van der Waals surface area (Å²) in [6, 6.07) is 0. The average molecular weight is 170 g/mol. The van der Waals surface area contributed by atoms with Crippen LogP contribution in [0.3, 0.4) is 0 Å². The number of carbonyl (C=O) groups is 2. The van der Waals surface area contributed by atoms with Crippen molar-refractivity contribution in [3.63, 3.8) is 0 Å². The maximum atomic E-state index is 11.0. The molecule has 0 aromatic carbocycles. The number of allylic oxidation sites excluding steroid dienone is 1. The molecule has 1 rings (SSSR count). The second kappa shape index (κ2) is 3.38. The second-order valence-corrected chi connectivity index (χ2v) is 2.70. The lowest BCUT2D eigenvalue weighted by Gasteiger charge is -1.95. The van der Waals surface area contributed by atoms with Crippen molar-refractivity contribution in [2.75, 3.05) is 7.11 Å². The number of carbonyl (C=O) groups excluding carboxylic acids is 2. The zero-order valence-corrected chi connectivity index (χ0v) is 6.74. The summed E-state index contributed by atoms with van der Waals surface area (Å²) in [4.78, 5) is 21.6. The van der Waals surface area contributed by atoms with Crippen LogP contribution in [0.4, 0.5) is 0 Å². The number of methoxy groups -OCH3 is 1. The molecule has 0 atom stereocenters. The molecule has 1 saturated carbocycles. The van der Waals surface area contributed by atoms with Gasteiger partial charge < -0.3 is 9.84 Å². The molecule has 0 amide bonds. The molecule has 4 nitrogen and oxygen atoms in total. The van der Waals surface area contributed by atoms with Gasteiger partial charge in [-0.2, -0.15) is 0 Å². The van der Waals surface area contributed by atoms with Crippen LogP contribution < -0.4 is 0 Å². The lowest BCUT2D eigenvalue weighted by Crippen LogP contribution is -2.07. The summed E-state index contributed by atoms with van der Waals surface area (Å²) in [6.07, 6.45) is 2.64. The monoisotopic (exact) mass is 170 g/mol. The molecule has 66 valence electrons. The van der Waals surface area contributed by atoms with Crippen molar-refractivity contribution in [1.29, 1.82) is 0 Å². The second-order valence-electron chi connectivity index (χ2n) is 2.70. The molecule has 0 heterocycles. The van der Waals surface area contributed by atoms with Crippen molar-refractivity contribution in [3.8, 4) is 0 Å². The van der Waals surface area contributed by atoms with Crippen LogP contribution in [0.1, 0.15) is 12.8 Å². The highest BCUT2D eigenvalue weighted by molar-refractivity contribution is 5.99. The SMILES string of the molecule is COC(=O)C(O)=CC(=O)C1CC1. The Morgan fingerprint density at radius 3 is 2.50 bits per heavy atom. The van der Waals surface area contributed by atoms with E-state index in [2.05, 4.69) is 4.74 Å². The van der Waals surface area contributed by atoms with E-state index >= 15 is 0 Å². The van der Waals surface area contributed by atoms with Crippen molar-refractivity contribution in [1.82, 2.24) is 0 Å². The largest absolute Gasteiger partial charge is 0.502 e. The Morgan fingerprint density at radius 2 is 2.08 bits per heavy atom. The van der Waals surface area contributed by atoms with E-state index in [9.17, 15) is 9.59 Å². The zero-order chi connectivity index (χ0) is 9.14. The minimum absolute atomic E-state index is 0.0109. The standard InChI is InChI=1S/C8H10O4/c1-12-8(11)7(10)4-6(9)5-2-3-5/h4-5,10H,2-3H2,1H3. The molecule has 1 N–H and O–H groups in total. The van der Waals surface area contributed by atoms with Crippen molar-refractivity contribution in [3.05, 3.63) is 11.8 Å². The van der Waals surface area contributed by atoms with Crippen molar-refractivity contribution < 1.29 is 19.4 Å². The zero-order valence-electron chi connectivity index (χ0n) is 6.74. The van der Waals surface area contributed by atoms with Gasteiger partial charge in [-0.15, -0.1) is 0 Å². The van der Waals surface area contributed by atoms with Crippen LogP contribution in [0, 0.1) is 5.92 Å². The van der Waals surface area contributed by atoms with E-state index in [1.807, 2.05) is 0 Å². The van der Waals surface area contributed by atoms with Crippen LogP contribution in [0.15, 0.2) is 11.8 Å². The third kappa shape index (κ3) is 2.08. The Kier molecular flexibility index (Phi) is 2.47. The van der Waals surface area contributed by atoms with E-state index in [0.717, 1.165) is 26.0 Å². The Morgan fingerprint density at radius 1 is 1.50 bits per heavy atom. The third-order valence-corrected chi connectivity index (χ3v) is 1.65. The van der Waals surface area contributed by atoms with Crippen LogP contribution in [0.2, 0.25) is 0 Å². The minimum Gasteiger partial charge on any atom is -0.502 e.